The predicted octanol–water partition coefficient (Wildman–Crippen LogP) is 3.44. The summed E-state index contributed by atoms with van der Waals surface area (Å²) in [6, 6.07) is 7.17. The van der Waals surface area contributed by atoms with Crippen LogP contribution < -0.4 is 4.74 Å². The van der Waals surface area contributed by atoms with Gasteiger partial charge >= 0.3 is 0 Å². The molecule has 0 fully saturated rings. The van der Waals surface area contributed by atoms with E-state index in [1.54, 1.807) is 12.1 Å². The van der Waals surface area contributed by atoms with E-state index in [1.165, 1.54) is 24.5 Å². The van der Waals surface area contributed by atoms with Gasteiger partial charge in [-0.05, 0) is 46.3 Å². The monoisotopic (exact) mass is 298 g/mol. The van der Waals surface area contributed by atoms with Crippen molar-refractivity contribution in [2.24, 2.45) is 0 Å². The normalized spacial score (nSPS) is 10.2. The van der Waals surface area contributed by atoms with E-state index in [4.69, 9.17) is 9.15 Å². The number of Topliss-reactive ketones (excluding diaryl/α,β-unsaturated/α-hetero) is 1. The summed E-state index contributed by atoms with van der Waals surface area (Å²) in [5, 5.41) is 0. The van der Waals surface area contributed by atoms with Crippen LogP contribution in [0.3, 0.4) is 0 Å². The first-order valence-corrected chi connectivity index (χ1v) is 5.60. The zero-order chi connectivity index (χ0) is 12.3. The molecule has 88 valence electrons. The molecule has 0 aliphatic heterocycles. The maximum Gasteiger partial charge on any atom is 0.235 e. The second kappa shape index (κ2) is 5.14. The fourth-order valence-electron chi connectivity index (χ4n) is 1.24. The summed E-state index contributed by atoms with van der Waals surface area (Å²) in [7, 11) is 0. The SMILES string of the molecule is O=C(COc1ccc(F)cc1Br)c1ccco1. The van der Waals surface area contributed by atoms with Gasteiger partial charge in [0.15, 0.2) is 12.4 Å². The third-order valence-electron chi connectivity index (χ3n) is 2.05. The molecule has 17 heavy (non-hydrogen) atoms. The smallest absolute Gasteiger partial charge is 0.235 e. The molecule has 0 radical (unpaired) electrons. The Morgan fingerprint density at radius 3 is 2.88 bits per heavy atom. The van der Waals surface area contributed by atoms with Crippen molar-refractivity contribution in [1.29, 1.82) is 0 Å². The second-order valence-corrected chi connectivity index (χ2v) is 4.12. The lowest BCUT2D eigenvalue weighted by atomic mass is 10.3. The van der Waals surface area contributed by atoms with E-state index in [2.05, 4.69) is 15.9 Å². The van der Waals surface area contributed by atoms with E-state index in [0.717, 1.165) is 0 Å². The Labute approximate surface area is 105 Å². The predicted molar refractivity (Wildman–Crippen MR) is 62.6 cm³/mol. The van der Waals surface area contributed by atoms with Crippen molar-refractivity contribution in [1.82, 2.24) is 0 Å². The molecule has 0 N–H and O–H groups in total. The standard InChI is InChI=1S/C12H8BrFO3/c13-9-6-8(14)3-4-11(9)17-7-10(15)12-2-1-5-16-12/h1-6H,7H2. The van der Waals surface area contributed by atoms with Crippen LogP contribution in [-0.4, -0.2) is 12.4 Å². The number of rotatable bonds is 4. The highest BCUT2D eigenvalue weighted by molar-refractivity contribution is 9.10. The van der Waals surface area contributed by atoms with Crippen LogP contribution in [-0.2, 0) is 0 Å². The third kappa shape index (κ3) is 2.94. The molecule has 1 heterocycles. The van der Waals surface area contributed by atoms with Gasteiger partial charge in [-0.2, -0.15) is 0 Å². The molecule has 0 saturated carbocycles. The van der Waals surface area contributed by atoms with Crippen LogP contribution >= 0.6 is 15.9 Å². The van der Waals surface area contributed by atoms with E-state index >= 15 is 0 Å². The Morgan fingerprint density at radius 2 is 2.24 bits per heavy atom. The average molecular weight is 299 g/mol. The Bertz CT molecular complexity index is 523. The molecule has 1 aromatic heterocycles. The lowest BCUT2D eigenvalue weighted by Crippen LogP contribution is -2.10. The average Bonchev–Trinajstić information content (AvgIpc) is 2.81. The number of hydrogen-bond acceptors (Lipinski definition) is 3. The van der Waals surface area contributed by atoms with Crippen LogP contribution in [0, 0.1) is 5.82 Å². The molecule has 0 spiro atoms. The van der Waals surface area contributed by atoms with Gasteiger partial charge < -0.3 is 9.15 Å². The van der Waals surface area contributed by atoms with Crippen LogP contribution in [0.2, 0.25) is 0 Å². The fraction of sp³-hybridized carbons (Fsp3) is 0.0833. The second-order valence-electron chi connectivity index (χ2n) is 3.26. The minimum absolute atomic E-state index is 0.155. The van der Waals surface area contributed by atoms with Crippen molar-refractivity contribution in [3.8, 4) is 5.75 Å². The quantitative estimate of drug-likeness (QED) is 0.812. The van der Waals surface area contributed by atoms with Crippen molar-refractivity contribution < 1.29 is 18.3 Å². The Kier molecular flexibility index (Phi) is 3.58. The van der Waals surface area contributed by atoms with Gasteiger partial charge in [0.25, 0.3) is 0 Å². The molecule has 0 aliphatic carbocycles. The van der Waals surface area contributed by atoms with E-state index < -0.39 is 0 Å². The van der Waals surface area contributed by atoms with Gasteiger partial charge in [0, 0.05) is 0 Å². The molecule has 0 amide bonds. The van der Waals surface area contributed by atoms with Gasteiger partial charge in [0.05, 0.1) is 10.7 Å². The highest BCUT2D eigenvalue weighted by atomic mass is 79.9. The first-order valence-electron chi connectivity index (χ1n) is 4.81. The van der Waals surface area contributed by atoms with Gasteiger partial charge in [-0.25, -0.2) is 4.39 Å². The molecule has 0 aliphatic rings. The van der Waals surface area contributed by atoms with E-state index in [0.29, 0.717) is 10.2 Å². The van der Waals surface area contributed by atoms with Gasteiger partial charge in [0.1, 0.15) is 11.6 Å². The van der Waals surface area contributed by atoms with Crippen molar-refractivity contribution in [2.75, 3.05) is 6.61 Å². The molecule has 3 nitrogen and oxygen atoms in total. The minimum atomic E-state index is -0.374. The van der Waals surface area contributed by atoms with E-state index in [9.17, 15) is 9.18 Å². The van der Waals surface area contributed by atoms with Gasteiger partial charge in [-0.1, -0.05) is 0 Å². The molecule has 2 rings (SSSR count). The number of carbonyl (C=O) groups excluding carboxylic acids is 1. The molecule has 2 aromatic rings. The van der Waals surface area contributed by atoms with Crippen molar-refractivity contribution in [3.63, 3.8) is 0 Å². The van der Waals surface area contributed by atoms with Crippen LogP contribution in [0.5, 0.6) is 5.75 Å². The van der Waals surface area contributed by atoms with E-state index in [-0.39, 0.29) is 24.0 Å². The number of ketones is 1. The first-order chi connectivity index (χ1) is 8.16. The summed E-state index contributed by atoms with van der Waals surface area (Å²) in [5.41, 5.74) is 0. The highest BCUT2D eigenvalue weighted by Gasteiger charge is 2.10. The number of ether oxygens (including phenoxy) is 1. The van der Waals surface area contributed by atoms with Gasteiger partial charge in [0.2, 0.25) is 5.78 Å². The Hall–Kier alpha value is -1.62. The maximum absolute atomic E-state index is 12.8. The summed E-state index contributed by atoms with van der Waals surface area (Å²) in [4.78, 5) is 11.5. The van der Waals surface area contributed by atoms with Crippen molar-refractivity contribution in [3.05, 3.63) is 52.6 Å². The molecule has 0 atom stereocenters. The zero-order valence-electron chi connectivity index (χ0n) is 8.65. The first kappa shape index (κ1) is 11.9. The maximum atomic E-state index is 12.8. The number of halogens is 2. The number of furan rings is 1. The number of hydrogen-bond donors (Lipinski definition) is 0. The third-order valence-corrected chi connectivity index (χ3v) is 2.67. The molecular formula is C12H8BrFO3. The minimum Gasteiger partial charge on any atom is -0.484 e. The summed E-state index contributed by atoms with van der Waals surface area (Å²) in [5.74, 6) is 0.00218. The van der Waals surface area contributed by atoms with Crippen LogP contribution in [0.15, 0.2) is 45.5 Å². The van der Waals surface area contributed by atoms with Crippen molar-refractivity contribution in [2.45, 2.75) is 0 Å². The lowest BCUT2D eigenvalue weighted by Gasteiger charge is -2.06. The molecule has 0 saturated heterocycles. The van der Waals surface area contributed by atoms with E-state index in [1.807, 2.05) is 0 Å². The van der Waals surface area contributed by atoms with Crippen LogP contribution in [0.25, 0.3) is 0 Å². The Balaban J connectivity index is 2.01. The van der Waals surface area contributed by atoms with Crippen molar-refractivity contribution >= 4 is 21.7 Å². The summed E-state index contributed by atoms with van der Waals surface area (Å²) in [6.45, 7) is -0.155. The van der Waals surface area contributed by atoms with Gasteiger partial charge in [-0.15, -0.1) is 0 Å². The number of benzene rings is 1. The summed E-state index contributed by atoms with van der Waals surface area (Å²) < 4.78 is 23.5. The summed E-state index contributed by atoms with van der Waals surface area (Å²) in [6.07, 6.45) is 1.42. The largest absolute Gasteiger partial charge is 0.484 e. The lowest BCUT2D eigenvalue weighted by molar-refractivity contribution is 0.0893. The molecule has 0 unspecified atom stereocenters. The van der Waals surface area contributed by atoms with Crippen LogP contribution in [0.4, 0.5) is 4.39 Å². The number of carbonyl (C=O) groups is 1. The fourth-order valence-corrected chi connectivity index (χ4v) is 1.71. The molecule has 1 aromatic carbocycles. The van der Waals surface area contributed by atoms with Crippen LogP contribution in [0.1, 0.15) is 10.6 Å². The topological polar surface area (TPSA) is 39.4 Å². The Morgan fingerprint density at radius 1 is 1.41 bits per heavy atom. The molecular weight excluding hydrogens is 291 g/mol. The molecule has 5 heteroatoms. The van der Waals surface area contributed by atoms with Gasteiger partial charge in [-0.3, -0.25) is 4.79 Å². The summed E-state index contributed by atoms with van der Waals surface area (Å²) >= 11 is 3.15. The highest BCUT2D eigenvalue weighted by Crippen LogP contribution is 2.25. The zero-order valence-corrected chi connectivity index (χ0v) is 10.2. The molecule has 0 bridgehead atoms.